The van der Waals surface area contributed by atoms with E-state index in [0.717, 1.165) is 15.6 Å². The van der Waals surface area contributed by atoms with Crippen LogP contribution in [0.15, 0.2) is 16.6 Å². The second kappa shape index (κ2) is 6.38. The Morgan fingerprint density at radius 2 is 2.12 bits per heavy atom. The van der Waals surface area contributed by atoms with Crippen molar-refractivity contribution in [2.75, 3.05) is 20.8 Å². The molecule has 96 valence electrons. The van der Waals surface area contributed by atoms with Crippen LogP contribution in [0, 0.1) is 6.92 Å². The molecule has 1 rings (SSSR count). The highest BCUT2D eigenvalue weighted by atomic mass is 79.9. The molecule has 0 aromatic heterocycles. The summed E-state index contributed by atoms with van der Waals surface area (Å²) in [6, 6.07) is 4.19. The van der Waals surface area contributed by atoms with E-state index in [2.05, 4.69) is 27.8 Å². The first-order valence-corrected chi connectivity index (χ1v) is 6.42. The molecule has 1 unspecified atom stereocenters. The van der Waals surface area contributed by atoms with Crippen molar-refractivity contribution >= 4 is 15.9 Å². The fraction of sp³-hybridized carbons (Fsp3) is 0.538. The third-order valence-electron chi connectivity index (χ3n) is 2.92. The Balaban J connectivity index is 2.81. The van der Waals surface area contributed by atoms with Gasteiger partial charge in [0.15, 0.2) is 0 Å². The lowest BCUT2D eigenvalue weighted by Gasteiger charge is -2.24. The quantitative estimate of drug-likeness (QED) is 0.908. The van der Waals surface area contributed by atoms with Gasteiger partial charge >= 0.3 is 0 Å². The summed E-state index contributed by atoms with van der Waals surface area (Å²) in [5, 5.41) is 10.0. The van der Waals surface area contributed by atoms with Crippen LogP contribution in [0.5, 0.6) is 5.75 Å². The van der Waals surface area contributed by atoms with Gasteiger partial charge in [0, 0.05) is 29.7 Å². The van der Waals surface area contributed by atoms with E-state index in [1.165, 1.54) is 0 Å². The van der Waals surface area contributed by atoms with Gasteiger partial charge in [0.25, 0.3) is 0 Å². The third-order valence-corrected chi connectivity index (χ3v) is 3.38. The standard InChI is InChI=1S/C13H20BrNO2/c1-9-5-12(14)6-11(13(9)16)7-15(3)10(2)8-17-4/h5-6,10,16H,7-8H2,1-4H3. The lowest BCUT2D eigenvalue weighted by atomic mass is 10.1. The van der Waals surface area contributed by atoms with E-state index in [9.17, 15) is 5.11 Å². The van der Waals surface area contributed by atoms with Gasteiger partial charge in [-0.15, -0.1) is 0 Å². The minimum absolute atomic E-state index is 0.318. The predicted octanol–water partition coefficient (Wildman–Crippen LogP) is 2.93. The number of phenols is 1. The fourth-order valence-electron chi connectivity index (χ4n) is 1.72. The number of halogens is 1. The van der Waals surface area contributed by atoms with Crippen molar-refractivity contribution in [3.63, 3.8) is 0 Å². The fourth-order valence-corrected chi connectivity index (χ4v) is 2.34. The molecule has 1 aromatic rings. The van der Waals surface area contributed by atoms with Crippen LogP contribution in [0.3, 0.4) is 0 Å². The third kappa shape index (κ3) is 3.98. The summed E-state index contributed by atoms with van der Waals surface area (Å²) in [6.45, 7) is 5.40. The summed E-state index contributed by atoms with van der Waals surface area (Å²) in [5.74, 6) is 0.379. The summed E-state index contributed by atoms with van der Waals surface area (Å²) in [4.78, 5) is 2.16. The van der Waals surface area contributed by atoms with Gasteiger partial charge in [-0.1, -0.05) is 15.9 Å². The van der Waals surface area contributed by atoms with E-state index in [4.69, 9.17) is 4.74 Å². The Hall–Kier alpha value is -0.580. The molecule has 4 heteroatoms. The number of rotatable bonds is 5. The Morgan fingerprint density at radius 1 is 1.47 bits per heavy atom. The van der Waals surface area contributed by atoms with Gasteiger partial charge in [0.05, 0.1) is 6.61 Å². The van der Waals surface area contributed by atoms with Gasteiger partial charge in [0.2, 0.25) is 0 Å². The van der Waals surface area contributed by atoms with E-state index in [0.29, 0.717) is 24.9 Å². The number of benzene rings is 1. The van der Waals surface area contributed by atoms with Crippen LogP contribution in [0.4, 0.5) is 0 Å². The Morgan fingerprint density at radius 3 is 2.71 bits per heavy atom. The van der Waals surface area contributed by atoms with Crippen LogP contribution < -0.4 is 0 Å². The molecule has 0 bridgehead atoms. The summed E-state index contributed by atoms with van der Waals surface area (Å²) in [7, 11) is 3.73. The molecular weight excluding hydrogens is 282 g/mol. The van der Waals surface area contributed by atoms with Gasteiger partial charge in [-0.25, -0.2) is 0 Å². The normalized spacial score (nSPS) is 13.1. The maximum absolute atomic E-state index is 10.0. The van der Waals surface area contributed by atoms with Gasteiger partial charge in [-0.3, -0.25) is 4.90 Å². The van der Waals surface area contributed by atoms with E-state index in [1.54, 1.807) is 7.11 Å². The molecule has 0 fully saturated rings. The predicted molar refractivity (Wildman–Crippen MR) is 73.3 cm³/mol. The molecule has 0 aliphatic rings. The molecule has 0 radical (unpaired) electrons. The van der Waals surface area contributed by atoms with Gasteiger partial charge in [0.1, 0.15) is 5.75 Å². The molecule has 1 N–H and O–H groups in total. The van der Waals surface area contributed by atoms with E-state index >= 15 is 0 Å². The van der Waals surface area contributed by atoms with Crippen LogP contribution in [0.1, 0.15) is 18.1 Å². The first-order valence-electron chi connectivity index (χ1n) is 5.63. The summed E-state index contributed by atoms with van der Waals surface area (Å²) < 4.78 is 6.12. The number of nitrogens with zero attached hydrogens (tertiary/aromatic N) is 1. The van der Waals surface area contributed by atoms with Crippen molar-refractivity contribution in [1.29, 1.82) is 0 Å². The monoisotopic (exact) mass is 301 g/mol. The molecule has 0 saturated heterocycles. The number of aromatic hydroxyl groups is 1. The lowest BCUT2D eigenvalue weighted by Crippen LogP contribution is -2.32. The zero-order chi connectivity index (χ0) is 13.0. The van der Waals surface area contributed by atoms with Crippen molar-refractivity contribution < 1.29 is 9.84 Å². The molecule has 0 saturated carbocycles. The maximum atomic E-state index is 10.0. The van der Waals surface area contributed by atoms with Crippen LogP contribution in [-0.4, -0.2) is 36.8 Å². The van der Waals surface area contributed by atoms with E-state index in [-0.39, 0.29) is 0 Å². The SMILES string of the molecule is COCC(C)N(C)Cc1cc(Br)cc(C)c1O. The van der Waals surface area contributed by atoms with Crippen LogP contribution in [0.2, 0.25) is 0 Å². The minimum atomic E-state index is 0.318. The molecular formula is C13H20BrNO2. The van der Waals surface area contributed by atoms with E-state index in [1.807, 2.05) is 26.1 Å². The van der Waals surface area contributed by atoms with Crippen LogP contribution >= 0.6 is 15.9 Å². The van der Waals surface area contributed by atoms with E-state index < -0.39 is 0 Å². The zero-order valence-electron chi connectivity index (χ0n) is 10.8. The number of phenolic OH excluding ortho intramolecular Hbond substituents is 1. The first kappa shape index (κ1) is 14.5. The number of likely N-dealkylation sites (N-methyl/N-ethyl adjacent to an activating group) is 1. The second-order valence-corrected chi connectivity index (χ2v) is 5.37. The molecule has 0 aliphatic heterocycles. The highest BCUT2D eigenvalue weighted by molar-refractivity contribution is 9.10. The van der Waals surface area contributed by atoms with Gasteiger partial charge < -0.3 is 9.84 Å². The van der Waals surface area contributed by atoms with Crippen molar-refractivity contribution in [3.05, 3.63) is 27.7 Å². The number of hydrogen-bond donors (Lipinski definition) is 1. The number of hydrogen-bond acceptors (Lipinski definition) is 3. The van der Waals surface area contributed by atoms with Crippen LogP contribution in [-0.2, 0) is 11.3 Å². The number of ether oxygens (including phenoxy) is 1. The smallest absolute Gasteiger partial charge is 0.123 e. The van der Waals surface area contributed by atoms with Crippen LogP contribution in [0.25, 0.3) is 0 Å². The average molecular weight is 302 g/mol. The highest BCUT2D eigenvalue weighted by Gasteiger charge is 2.13. The largest absolute Gasteiger partial charge is 0.507 e. The molecule has 0 spiro atoms. The van der Waals surface area contributed by atoms with Crippen molar-refractivity contribution in [2.45, 2.75) is 26.4 Å². The number of methoxy groups -OCH3 is 1. The lowest BCUT2D eigenvalue weighted by molar-refractivity contribution is 0.111. The summed E-state index contributed by atoms with van der Waals surface area (Å²) in [6.07, 6.45) is 0. The Labute approximate surface area is 112 Å². The Bertz CT molecular complexity index is 382. The second-order valence-electron chi connectivity index (χ2n) is 4.45. The molecule has 0 aliphatic carbocycles. The number of aryl methyl sites for hydroxylation is 1. The molecule has 1 aromatic carbocycles. The highest BCUT2D eigenvalue weighted by Crippen LogP contribution is 2.27. The molecule has 0 amide bonds. The van der Waals surface area contributed by atoms with Gasteiger partial charge in [-0.05, 0) is 38.6 Å². The minimum Gasteiger partial charge on any atom is -0.507 e. The zero-order valence-corrected chi connectivity index (χ0v) is 12.4. The maximum Gasteiger partial charge on any atom is 0.123 e. The first-order chi connectivity index (χ1) is 7.95. The Kier molecular flexibility index (Phi) is 5.43. The average Bonchev–Trinajstić information content (AvgIpc) is 2.25. The topological polar surface area (TPSA) is 32.7 Å². The molecule has 17 heavy (non-hydrogen) atoms. The molecule has 0 heterocycles. The molecule has 3 nitrogen and oxygen atoms in total. The van der Waals surface area contributed by atoms with Crippen molar-refractivity contribution in [2.24, 2.45) is 0 Å². The summed E-state index contributed by atoms with van der Waals surface area (Å²) >= 11 is 3.45. The summed E-state index contributed by atoms with van der Waals surface area (Å²) in [5.41, 5.74) is 1.82. The van der Waals surface area contributed by atoms with Crippen molar-refractivity contribution in [1.82, 2.24) is 4.90 Å². The molecule has 1 atom stereocenters. The van der Waals surface area contributed by atoms with Crippen molar-refractivity contribution in [3.8, 4) is 5.75 Å². The van der Waals surface area contributed by atoms with Gasteiger partial charge in [-0.2, -0.15) is 0 Å².